The summed E-state index contributed by atoms with van der Waals surface area (Å²) in [6, 6.07) is 10.7. The molecule has 0 atom stereocenters. The minimum atomic E-state index is -1.04. The van der Waals surface area contributed by atoms with Crippen LogP contribution in [0.15, 0.2) is 36.4 Å². The number of hydrogen-bond acceptors (Lipinski definition) is 4. The fourth-order valence-corrected chi connectivity index (χ4v) is 2.69. The lowest BCUT2D eigenvalue weighted by atomic mass is 10.2. The van der Waals surface area contributed by atoms with Crippen molar-refractivity contribution >= 4 is 35.0 Å². The fraction of sp³-hybridized carbons (Fsp3) is 0.143. The average molecular weight is 326 g/mol. The van der Waals surface area contributed by atoms with E-state index >= 15 is 0 Å². The molecule has 0 unspecified atom stereocenters. The number of nitrogens with one attached hydrogen (secondary N) is 1. The largest absolute Gasteiger partial charge is 0.477 e. The van der Waals surface area contributed by atoms with Crippen LogP contribution in [0.1, 0.15) is 20.8 Å². The van der Waals surface area contributed by atoms with Crippen molar-refractivity contribution in [2.24, 2.45) is 0 Å². The number of carbonyl (C=O) groups is 2. The molecule has 1 aromatic heterocycles. The summed E-state index contributed by atoms with van der Waals surface area (Å²) in [7, 11) is 0. The maximum absolute atomic E-state index is 11.6. The van der Waals surface area contributed by atoms with Gasteiger partial charge in [0.05, 0.1) is 4.34 Å². The van der Waals surface area contributed by atoms with Gasteiger partial charge in [-0.05, 0) is 11.6 Å². The van der Waals surface area contributed by atoms with Crippen molar-refractivity contribution < 1.29 is 19.4 Å². The highest BCUT2D eigenvalue weighted by Gasteiger charge is 2.13. The molecule has 5 nitrogen and oxygen atoms in total. The van der Waals surface area contributed by atoms with Crippen LogP contribution in [-0.4, -0.2) is 17.2 Å². The van der Waals surface area contributed by atoms with Gasteiger partial charge in [-0.2, -0.15) is 0 Å². The first-order valence-electron chi connectivity index (χ1n) is 6.02. The molecule has 21 heavy (non-hydrogen) atoms. The Bertz CT molecular complexity index is 642. The van der Waals surface area contributed by atoms with E-state index in [1.807, 2.05) is 30.3 Å². The Morgan fingerprint density at radius 3 is 2.62 bits per heavy atom. The van der Waals surface area contributed by atoms with E-state index in [0.717, 1.165) is 16.9 Å². The summed E-state index contributed by atoms with van der Waals surface area (Å²) in [5, 5.41) is 11.4. The normalized spacial score (nSPS) is 10.1. The maximum Gasteiger partial charge on any atom is 0.407 e. The topological polar surface area (TPSA) is 75.6 Å². The van der Waals surface area contributed by atoms with Gasteiger partial charge in [0.25, 0.3) is 0 Å². The van der Waals surface area contributed by atoms with Crippen LogP contribution in [0, 0.1) is 0 Å². The van der Waals surface area contributed by atoms with Gasteiger partial charge in [-0.1, -0.05) is 41.9 Å². The van der Waals surface area contributed by atoms with E-state index in [-0.39, 0.29) is 18.0 Å². The molecule has 0 radical (unpaired) electrons. The molecule has 0 aliphatic carbocycles. The quantitative estimate of drug-likeness (QED) is 0.881. The van der Waals surface area contributed by atoms with Crippen molar-refractivity contribution in [1.29, 1.82) is 0 Å². The number of aromatic carboxylic acids is 1. The summed E-state index contributed by atoms with van der Waals surface area (Å²) in [6.07, 6.45) is -0.585. The lowest BCUT2D eigenvalue weighted by Crippen LogP contribution is -2.23. The summed E-state index contributed by atoms with van der Waals surface area (Å²) in [5.41, 5.74) is 1.44. The van der Waals surface area contributed by atoms with Crippen LogP contribution >= 0.6 is 22.9 Å². The first-order chi connectivity index (χ1) is 10.1. The summed E-state index contributed by atoms with van der Waals surface area (Å²) < 4.78 is 5.38. The number of benzene rings is 1. The first kappa shape index (κ1) is 15.3. The van der Waals surface area contributed by atoms with Crippen LogP contribution in [0.3, 0.4) is 0 Å². The molecule has 0 aliphatic heterocycles. The summed E-state index contributed by atoms with van der Waals surface area (Å²) in [4.78, 5) is 22.5. The van der Waals surface area contributed by atoms with E-state index < -0.39 is 12.1 Å². The van der Waals surface area contributed by atoms with Gasteiger partial charge >= 0.3 is 12.1 Å². The third-order valence-electron chi connectivity index (χ3n) is 2.60. The molecule has 0 bridgehead atoms. The van der Waals surface area contributed by atoms with Crippen molar-refractivity contribution in [2.45, 2.75) is 13.2 Å². The minimum Gasteiger partial charge on any atom is -0.477 e. The molecular formula is C14H12ClNO4S. The van der Waals surface area contributed by atoms with E-state index in [2.05, 4.69) is 5.32 Å². The van der Waals surface area contributed by atoms with Gasteiger partial charge in [0.2, 0.25) is 0 Å². The van der Waals surface area contributed by atoms with Crippen LogP contribution in [0.25, 0.3) is 0 Å². The van der Waals surface area contributed by atoms with Gasteiger partial charge in [0.1, 0.15) is 11.5 Å². The van der Waals surface area contributed by atoms with E-state index in [1.165, 1.54) is 6.07 Å². The first-order valence-corrected chi connectivity index (χ1v) is 7.22. The van der Waals surface area contributed by atoms with Gasteiger partial charge in [0, 0.05) is 12.1 Å². The van der Waals surface area contributed by atoms with E-state index in [4.69, 9.17) is 21.4 Å². The summed E-state index contributed by atoms with van der Waals surface area (Å²) >= 11 is 6.87. The van der Waals surface area contributed by atoms with Crippen LogP contribution in [0.4, 0.5) is 4.79 Å². The van der Waals surface area contributed by atoms with E-state index in [9.17, 15) is 9.59 Å². The molecule has 1 amide bonds. The van der Waals surface area contributed by atoms with Crippen molar-refractivity contribution in [3.8, 4) is 0 Å². The molecule has 2 aromatic rings. The van der Waals surface area contributed by atoms with Crippen molar-refractivity contribution in [1.82, 2.24) is 5.32 Å². The zero-order valence-corrected chi connectivity index (χ0v) is 12.4. The zero-order chi connectivity index (χ0) is 15.2. The number of amides is 1. The molecule has 1 heterocycles. The molecule has 110 valence electrons. The average Bonchev–Trinajstić information content (AvgIpc) is 2.85. The van der Waals surface area contributed by atoms with Crippen molar-refractivity contribution in [2.75, 3.05) is 0 Å². The molecule has 0 fully saturated rings. The van der Waals surface area contributed by atoms with Crippen molar-refractivity contribution in [3.05, 3.63) is 56.7 Å². The molecule has 0 saturated heterocycles. The van der Waals surface area contributed by atoms with Crippen LogP contribution in [0.2, 0.25) is 4.34 Å². The number of carboxylic acid groups (broad SMARTS) is 1. The highest BCUT2D eigenvalue weighted by molar-refractivity contribution is 7.18. The standard InChI is InChI=1S/C14H12ClNO4S/c15-12-10(6-11(21-12)13(17)18)7-16-14(19)20-8-9-4-2-1-3-5-9/h1-6H,7-8H2,(H,16,19)(H,17,18). The predicted molar refractivity (Wildman–Crippen MR) is 79.8 cm³/mol. The molecule has 1 aromatic carbocycles. The molecule has 2 rings (SSSR count). The highest BCUT2D eigenvalue weighted by atomic mass is 35.5. The second-order valence-electron chi connectivity index (χ2n) is 4.13. The zero-order valence-electron chi connectivity index (χ0n) is 10.8. The summed E-state index contributed by atoms with van der Waals surface area (Å²) in [5.74, 6) is -1.04. The number of thiophene rings is 1. The van der Waals surface area contributed by atoms with E-state index in [0.29, 0.717) is 9.90 Å². The molecule has 0 saturated carbocycles. The number of carbonyl (C=O) groups excluding carboxylic acids is 1. The third kappa shape index (κ3) is 4.47. The molecular weight excluding hydrogens is 314 g/mol. The molecule has 2 N–H and O–H groups in total. The fourth-order valence-electron chi connectivity index (χ4n) is 1.57. The Balaban J connectivity index is 1.82. The van der Waals surface area contributed by atoms with Crippen LogP contribution < -0.4 is 5.32 Å². The number of carboxylic acids is 1. The minimum absolute atomic E-state index is 0.121. The Morgan fingerprint density at radius 1 is 1.29 bits per heavy atom. The second kappa shape index (κ2) is 7.10. The molecule has 0 spiro atoms. The lowest BCUT2D eigenvalue weighted by molar-refractivity contribution is 0.0702. The number of alkyl carbamates (subject to hydrolysis) is 1. The SMILES string of the molecule is O=C(NCc1cc(C(=O)O)sc1Cl)OCc1ccccc1. The van der Waals surface area contributed by atoms with E-state index in [1.54, 1.807) is 0 Å². The monoisotopic (exact) mass is 325 g/mol. The second-order valence-corrected chi connectivity index (χ2v) is 5.78. The Hall–Kier alpha value is -2.05. The summed E-state index contributed by atoms with van der Waals surface area (Å²) in [6.45, 7) is 0.292. The van der Waals surface area contributed by atoms with Crippen LogP contribution in [0.5, 0.6) is 0 Å². The third-order valence-corrected chi connectivity index (χ3v) is 4.03. The Kier molecular flexibility index (Phi) is 5.19. The number of halogens is 1. The Labute approximate surface area is 130 Å². The molecule has 7 heteroatoms. The van der Waals surface area contributed by atoms with Crippen LogP contribution in [-0.2, 0) is 17.9 Å². The van der Waals surface area contributed by atoms with Gasteiger partial charge in [-0.3, -0.25) is 0 Å². The number of hydrogen-bond donors (Lipinski definition) is 2. The lowest BCUT2D eigenvalue weighted by Gasteiger charge is -2.06. The molecule has 0 aliphatic rings. The maximum atomic E-state index is 11.6. The number of ether oxygens (including phenoxy) is 1. The highest BCUT2D eigenvalue weighted by Crippen LogP contribution is 2.27. The Morgan fingerprint density at radius 2 is 2.00 bits per heavy atom. The smallest absolute Gasteiger partial charge is 0.407 e. The van der Waals surface area contributed by atoms with Gasteiger partial charge in [-0.25, -0.2) is 9.59 Å². The van der Waals surface area contributed by atoms with Gasteiger partial charge in [-0.15, -0.1) is 11.3 Å². The van der Waals surface area contributed by atoms with Gasteiger partial charge in [0.15, 0.2) is 0 Å². The number of rotatable bonds is 5. The van der Waals surface area contributed by atoms with Gasteiger partial charge < -0.3 is 15.2 Å². The van der Waals surface area contributed by atoms with Crippen molar-refractivity contribution in [3.63, 3.8) is 0 Å². The predicted octanol–water partition coefficient (Wildman–Crippen LogP) is 3.53.